The molecule has 0 bridgehead atoms. The molecule has 0 aliphatic heterocycles. The molecule has 0 unspecified atom stereocenters. The van der Waals surface area contributed by atoms with E-state index in [-0.39, 0.29) is 24.3 Å². The second kappa shape index (κ2) is 13.4. The topological polar surface area (TPSA) is 49.4 Å². The maximum absolute atomic E-state index is 13.8. The Morgan fingerprint density at radius 2 is 1.57 bits per heavy atom. The molecule has 0 heterocycles. The van der Waals surface area contributed by atoms with Crippen molar-refractivity contribution >= 4 is 23.4 Å². The largest absolute Gasteiger partial charge is 0.352 e. The van der Waals surface area contributed by atoms with Gasteiger partial charge < -0.3 is 10.2 Å². The van der Waals surface area contributed by atoms with Gasteiger partial charge in [-0.25, -0.2) is 0 Å². The first kappa shape index (κ1) is 26.9. The van der Waals surface area contributed by atoms with Crippen LogP contribution in [0.2, 0.25) is 5.02 Å². The summed E-state index contributed by atoms with van der Waals surface area (Å²) in [5, 5.41) is 3.96. The highest BCUT2D eigenvalue weighted by molar-refractivity contribution is 6.31. The average Bonchev–Trinajstić information content (AvgIpc) is 2.92. The van der Waals surface area contributed by atoms with E-state index in [0.717, 1.165) is 47.9 Å². The maximum Gasteiger partial charge on any atom is 0.243 e. The Hall–Kier alpha value is -3.11. The van der Waals surface area contributed by atoms with Crippen LogP contribution in [0.4, 0.5) is 0 Å². The van der Waals surface area contributed by atoms with E-state index < -0.39 is 6.04 Å². The first-order chi connectivity index (χ1) is 18.0. The van der Waals surface area contributed by atoms with Crippen molar-refractivity contribution in [3.63, 3.8) is 0 Å². The van der Waals surface area contributed by atoms with Gasteiger partial charge in [0.1, 0.15) is 6.04 Å². The molecule has 5 heteroatoms. The van der Waals surface area contributed by atoms with Crippen LogP contribution in [-0.4, -0.2) is 28.8 Å². The molecule has 4 rings (SSSR count). The predicted molar refractivity (Wildman–Crippen MR) is 150 cm³/mol. The summed E-state index contributed by atoms with van der Waals surface area (Å²) in [6.45, 7) is 2.43. The van der Waals surface area contributed by atoms with Crippen molar-refractivity contribution in [2.24, 2.45) is 0 Å². The molecule has 1 aliphatic rings. The van der Waals surface area contributed by atoms with Gasteiger partial charge >= 0.3 is 0 Å². The number of carbonyl (C=O) groups is 2. The van der Waals surface area contributed by atoms with Crippen molar-refractivity contribution in [2.75, 3.05) is 0 Å². The molecule has 0 aromatic heterocycles. The van der Waals surface area contributed by atoms with Crippen LogP contribution in [-0.2, 0) is 29.0 Å². The Labute approximate surface area is 226 Å². The van der Waals surface area contributed by atoms with Gasteiger partial charge in [-0.05, 0) is 48.9 Å². The molecule has 2 amide bonds. The van der Waals surface area contributed by atoms with Gasteiger partial charge in [0.2, 0.25) is 11.8 Å². The number of halogens is 1. The van der Waals surface area contributed by atoms with Crippen LogP contribution in [0.1, 0.15) is 60.8 Å². The highest BCUT2D eigenvalue weighted by Crippen LogP contribution is 2.22. The number of carbonyl (C=O) groups excluding carboxylic acids is 2. The number of nitrogens with one attached hydrogen (secondary N) is 1. The van der Waals surface area contributed by atoms with Gasteiger partial charge in [-0.15, -0.1) is 0 Å². The average molecular weight is 517 g/mol. The standard InChI is InChI=1S/C32H37ClN2O2/c1-24-16-18-26(19-17-24)23-35(31(36)21-20-27-12-8-9-15-29(27)33)30(22-25-10-4-2-5-11-25)32(37)34-28-13-6-3-7-14-28/h2,4-5,8-12,15-19,28,30H,3,6-7,13-14,20-23H2,1H3,(H,34,37)/t30-/m0/s1. The molecule has 0 saturated heterocycles. The number of nitrogens with zero attached hydrogens (tertiary/aromatic N) is 1. The zero-order chi connectivity index (χ0) is 26.0. The van der Waals surface area contributed by atoms with E-state index in [9.17, 15) is 9.59 Å². The normalized spacial score (nSPS) is 14.6. The van der Waals surface area contributed by atoms with Gasteiger partial charge in [0, 0.05) is 30.5 Å². The zero-order valence-corrected chi connectivity index (χ0v) is 22.4. The number of amides is 2. The van der Waals surface area contributed by atoms with Crippen molar-refractivity contribution in [1.82, 2.24) is 10.2 Å². The van der Waals surface area contributed by atoms with Crippen LogP contribution >= 0.6 is 11.6 Å². The number of aryl methyl sites for hydroxylation is 2. The third kappa shape index (κ3) is 7.93. The highest BCUT2D eigenvalue weighted by Gasteiger charge is 2.31. The molecule has 1 saturated carbocycles. The summed E-state index contributed by atoms with van der Waals surface area (Å²) in [6.07, 6.45) is 6.80. The Morgan fingerprint density at radius 3 is 2.27 bits per heavy atom. The van der Waals surface area contributed by atoms with Crippen LogP contribution in [0, 0.1) is 6.92 Å². The van der Waals surface area contributed by atoms with Crippen molar-refractivity contribution in [2.45, 2.75) is 76.9 Å². The molecule has 3 aromatic carbocycles. The first-order valence-corrected chi connectivity index (χ1v) is 13.8. The molecule has 37 heavy (non-hydrogen) atoms. The van der Waals surface area contributed by atoms with Crippen LogP contribution in [0.25, 0.3) is 0 Å². The fourth-order valence-corrected chi connectivity index (χ4v) is 5.31. The Bertz CT molecular complexity index is 1160. The lowest BCUT2D eigenvalue weighted by Crippen LogP contribution is -2.52. The number of benzene rings is 3. The molecule has 4 nitrogen and oxygen atoms in total. The van der Waals surface area contributed by atoms with Crippen molar-refractivity contribution in [3.05, 3.63) is 106 Å². The highest BCUT2D eigenvalue weighted by atomic mass is 35.5. The van der Waals surface area contributed by atoms with E-state index in [0.29, 0.717) is 24.4 Å². The fraction of sp³-hybridized carbons (Fsp3) is 0.375. The molecule has 3 aromatic rings. The van der Waals surface area contributed by atoms with E-state index in [1.54, 1.807) is 4.90 Å². The first-order valence-electron chi connectivity index (χ1n) is 13.4. The predicted octanol–water partition coefficient (Wildman–Crippen LogP) is 6.67. The lowest BCUT2D eigenvalue weighted by Gasteiger charge is -2.33. The molecule has 1 N–H and O–H groups in total. The number of rotatable bonds is 10. The maximum atomic E-state index is 13.8. The smallest absolute Gasteiger partial charge is 0.243 e. The Balaban J connectivity index is 1.61. The van der Waals surface area contributed by atoms with Gasteiger partial charge in [-0.2, -0.15) is 0 Å². The summed E-state index contributed by atoms with van der Waals surface area (Å²) in [6, 6.07) is 25.4. The van der Waals surface area contributed by atoms with Gasteiger partial charge in [0.25, 0.3) is 0 Å². The van der Waals surface area contributed by atoms with Gasteiger partial charge in [0.15, 0.2) is 0 Å². The van der Waals surface area contributed by atoms with E-state index in [1.807, 2.05) is 73.7 Å². The minimum atomic E-state index is -0.593. The molecule has 1 atom stereocenters. The van der Waals surface area contributed by atoms with E-state index >= 15 is 0 Å². The summed E-state index contributed by atoms with van der Waals surface area (Å²) in [4.78, 5) is 29.4. The van der Waals surface area contributed by atoms with Crippen LogP contribution in [0.15, 0.2) is 78.9 Å². The summed E-state index contributed by atoms with van der Waals surface area (Å²) in [7, 11) is 0. The van der Waals surface area contributed by atoms with E-state index in [2.05, 4.69) is 17.4 Å². The lowest BCUT2D eigenvalue weighted by atomic mass is 9.94. The molecule has 194 valence electrons. The SMILES string of the molecule is Cc1ccc(CN(C(=O)CCc2ccccc2Cl)[C@@H](Cc2ccccc2)C(=O)NC2CCCCC2)cc1. The second-order valence-corrected chi connectivity index (χ2v) is 10.6. The van der Waals surface area contributed by atoms with E-state index in [4.69, 9.17) is 11.6 Å². The molecular formula is C32H37ClN2O2. The summed E-state index contributed by atoms with van der Waals surface area (Å²) in [5.41, 5.74) is 4.16. The van der Waals surface area contributed by atoms with Crippen molar-refractivity contribution in [1.29, 1.82) is 0 Å². The Kier molecular flexibility index (Phi) is 9.78. The molecule has 0 spiro atoms. The zero-order valence-electron chi connectivity index (χ0n) is 21.7. The van der Waals surface area contributed by atoms with Gasteiger partial charge in [-0.3, -0.25) is 9.59 Å². The third-order valence-electron chi connectivity index (χ3n) is 7.26. The molecular weight excluding hydrogens is 480 g/mol. The lowest BCUT2D eigenvalue weighted by molar-refractivity contribution is -0.141. The quantitative estimate of drug-likeness (QED) is 0.327. The van der Waals surface area contributed by atoms with Crippen LogP contribution < -0.4 is 5.32 Å². The summed E-state index contributed by atoms with van der Waals surface area (Å²) in [5.74, 6) is -0.103. The molecule has 0 radical (unpaired) electrons. The summed E-state index contributed by atoms with van der Waals surface area (Å²) >= 11 is 6.37. The van der Waals surface area contributed by atoms with Crippen LogP contribution in [0.5, 0.6) is 0 Å². The fourth-order valence-electron chi connectivity index (χ4n) is 5.07. The van der Waals surface area contributed by atoms with Crippen LogP contribution in [0.3, 0.4) is 0 Å². The van der Waals surface area contributed by atoms with Gasteiger partial charge in [-0.1, -0.05) is 109 Å². The van der Waals surface area contributed by atoms with Gasteiger partial charge in [0.05, 0.1) is 0 Å². The van der Waals surface area contributed by atoms with Crippen molar-refractivity contribution in [3.8, 4) is 0 Å². The summed E-state index contributed by atoms with van der Waals surface area (Å²) < 4.78 is 0. The monoisotopic (exact) mass is 516 g/mol. The minimum Gasteiger partial charge on any atom is -0.352 e. The van der Waals surface area contributed by atoms with E-state index in [1.165, 1.54) is 6.42 Å². The number of hydrogen-bond donors (Lipinski definition) is 1. The molecule has 1 aliphatic carbocycles. The minimum absolute atomic E-state index is 0.0415. The number of hydrogen-bond acceptors (Lipinski definition) is 2. The van der Waals surface area contributed by atoms with Crippen molar-refractivity contribution < 1.29 is 9.59 Å². The molecule has 1 fully saturated rings. The Morgan fingerprint density at radius 1 is 0.892 bits per heavy atom. The third-order valence-corrected chi connectivity index (χ3v) is 7.63. The second-order valence-electron chi connectivity index (χ2n) is 10.1.